The predicted octanol–water partition coefficient (Wildman–Crippen LogP) is 1.49. The minimum absolute atomic E-state index is 0.00357. The van der Waals surface area contributed by atoms with Crippen LogP contribution in [0.25, 0.3) is 22.4 Å². The molecule has 0 radical (unpaired) electrons. The van der Waals surface area contributed by atoms with Crippen LogP contribution in [0.3, 0.4) is 0 Å². The number of aromatic nitrogens is 8. The number of amides is 1. The average Bonchev–Trinajstić information content (AvgIpc) is 3.30. The van der Waals surface area contributed by atoms with Crippen LogP contribution in [-0.2, 0) is 11.3 Å². The molecule has 35 heavy (non-hydrogen) atoms. The molecule has 0 aromatic carbocycles. The Morgan fingerprint density at radius 2 is 1.97 bits per heavy atom. The minimum atomic E-state index is -0.864. The van der Waals surface area contributed by atoms with Crippen LogP contribution in [0.2, 0.25) is 0 Å². The maximum Gasteiger partial charge on any atom is 0.228 e. The highest BCUT2D eigenvalue weighted by Crippen LogP contribution is 2.30. The third-order valence-electron chi connectivity index (χ3n) is 5.64. The summed E-state index contributed by atoms with van der Waals surface area (Å²) in [5.41, 5.74) is 3.09. The van der Waals surface area contributed by atoms with Crippen LogP contribution in [0.1, 0.15) is 12.8 Å². The van der Waals surface area contributed by atoms with Gasteiger partial charge in [-0.2, -0.15) is 10.2 Å². The van der Waals surface area contributed by atoms with E-state index in [4.69, 9.17) is 5.11 Å². The zero-order valence-corrected chi connectivity index (χ0v) is 19.2. The zero-order chi connectivity index (χ0) is 23.9. The van der Waals surface area contributed by atoms with E-state index in [1.165, 1.54) is 11.8 Å². The molecule has 178 valence electrons. The van der Waals surface area contributed by atoms with Gasteiger partial charge in [0.05, 0.1) is 31.6 Å². The summed E-state index contributed by atoms with van der Waals surface area (Å²) in [6.07, 6.45) is 8.13. The van der Waals surface area contributed by atoms with Crippen molar-refractivity contribution in [1.29, 1.82) is 0 Å². The number of anilines is 1. The molecule has 0 aliphatic heterocycles. The number of nitrogens with one attached hydrogen (secondary N) is 1. The summed E-state index contributed by atoms with van der Waals surface area (Å²) in [6, 6.07) is 7.48. The highest BCUT2D eigenvalue weighted by atomic mass is 32.2. The number of aliphatic hydroxyl groups excluding tert-OH is 2. The van der Waals surface area contributed by atoms with E-state index in [1.54, 1.807) is 21.6 Å². The van der Waals surface area contributed by atoms with Crippen molar-refractivity contribution in [2.75, 3.05) is 11.9 Å². The first-order valence-electron chi connectivity index (χ1n) is 11.1. The minimum Gasteiger partial charge on any atom is -0.394 e. The van der Waals surface area contributed by atoms with Gasteiger partial charge in [-0.05, 0) is 48.9 Å². The Morgan fingerprint density at radius 1 is 1.11 bits per heavy atom. The standard InChI is InChI=1S/C22H21N9O3S/c32-12-16(33)10-29-8-15(7-23-29)14-3-4-19-26-27-22(30(19)9-14)35-20-6-5-18-24-17(11-31(18)28-20)25-21(34)13-1-2-13/h3-9,11,13,16,32-33H,1-2,10,12H2,(H,25,34). The number of pyridine rings is 1. The Kier molecular flexibility index (Phi) is 5.43. The molecule has 1 saturated carbocycles. The Morgan fingerprint density at radius 3 is 2.80 bits per heavy atom. The largest absolute Gasteiger partial charge is 0.394 e. The fourth-order valence-corrected chi connectivity index (χ4v) is 4.42. The molecule has 0 saturated heterocycles. The fourth-order valence-electron chi connectivity index (χ4n) is 3.64. The summed E-state index contributed by atoms with van der Waals surface area (Å²) >= 11 is 1.36. The molecule has 5 aromatic heterocycles. The molecule has 1 amide bonds. The van der Waals surface area contributed by atoms with E-state index in [2.05, 4.69) is 30.7 Å². The van der Waals surface area contributed by atoms with Gasteiger partial charge in [0.25, 0.3) is 0 Å². The first-order chi connectivity index (χ1) is 17.1. The molecule has 0 spiro atoms. The number of nitrogens with zero attached hydrogens (tertiary/aromatic N) is 8. The number of carbonyl (C=O) groups excluding carboxylic acids is 1. The highest BCUT2D eigenvalue weighted by Gasteiger charge is 2.30. The van der Waals surface area contributed by atoms with Gasteiger partial charge < -0.3 is 15.5 Å². The predicted molar refractivity (Wildman–Crippen MR) is 126 cm³/mol. The van der Waals surface area contributed by atoms with Gasteiger partial charge in [-0.3, -0.25) is 13.9 Å². The van der Waals surface area contributed by atoms with Crippen LogP contribution in [0.5, 0.6) is 0 Å². The Hall–Kier alpha value is -3.81. The SMILES string of the molecule is O=C(Nc1cn2nc(Sc3nnc4ccc(-c5cnn(CC(O)CO)c5)cn34)ccc2n1)C1CC1. The van der Waals surface area contributed by atoms with Crippen molar-refractivity contribution in [2.45, 2.75) is 35.7 Å². The van der Waals surface area contributed by atoms with Crippen molar-refractivity contribution < 1.29 is 15.0 Å². The molecule has 12 nitrogen and oxygen atoms in total. The molecule has 0 bridgehead atoms. The van der Waals surface area contributed by atoms with Crippen molar-refractivity contribution in [3.05, 3.63) is 49.1 Å². The van der Waals surface area contributed by atoms with Crippen LogP contribution in [0.4, 0.5) is 5.82 Å². The van der Waals surface area contributed by atoms with Gasteiger partial charge in [-0.1, -0.05) is 0 Å². The van der Waals surface area contributed by atoms with Crippen LogP contribution >= 0.6 is 11.8 Å². The lowest BCUT2D eigenvalue weighted by atomic mass is 10.2. The van der Waals surface area contributed by atoms with Crippen molar-refractivity contribution >= 4 is 34.8 Å². The second kappa shape index (κ2) is 8.76. The molecule has 1 aliphatic rings. The third kappa shape index (κ3) is 4.48. The Labute approximate surface area is 202 Å². The average molecular weight is 492 g/mol. The van der Waals surface area contributed by atoms with Crippen LogP contribution < -0.4 is 5.32 Å². The lowest BCUT2D eigenvalue weighted by molar-refractivity contribution is -0.117. The van der Waals surface area contributed by atoms with E-state index in [9.17, 15) is 9.90 Å². The van der Waals surface area contributed by atoms with Gasteiger partial charge in [0.1, 0.15) is 5.03 Å². The molecule has 1 unspecified atom stereocenters. The molecule has 1 aliphatic carbocycles. The highest BCUT2D eigenvalue weighted by molar-refractivity contribution is 7.99. The van der Waals surface area contributed by atoms with E-state index in [-0.39, 0.29) is 25.0 Å². The molecule has 1 atom stereocenters. The Bertz CT molecular complexity index is 1540. The van der Waals surface area contributed by atoms with Crippen molar-refractivity contribution in [3.63, 3.8) is 0 Å². The topological polar surface area (TPSA) is 148 Å². The van der Waals surface area contributed by atoms with Gasteiger partial charge in [0.15, 0.2) is 17.1 Å². The molecule has 3 N–H and O–H groups in total. The van der Waals surface area contributed by atoms with Crippen molar-refractivity contribution in [1.82, 2.24) is 39.0 Å². The normalized spacial score (nSPS) is 14.6. The maximum absolute atomic E-state index is 12.0. The van der Waals surface area contributed by atoms with Crippen LogP contribution in [-0.4, -0.2) is 67.8 Å². The number of imidazole rings is 1. The fraction of sp³-hybridized carbons (Fsp3) is 0.273. The smallest absolute Gasteiger partial charge is 0.228 e. The van der Waals surface area contributed by atoms with Gasteiger partial charge in [-0.25, -0.2) is 9.50 Å². The van der Waals surface area contributed by atoms with E-state index >= 15 is 0 Å². The van der Waals surface area contributed by atoms with Gasteiger partial charge in [-0.15, -0.1) is 10.2 Å². The molecule has 5 aromatic rings. The summed E-state index contributed by atoms with van der Waals surface area (Å²) < 4.78 is 5.10. The second-order valence-electron chi connectivity index (χ2n) is 8.38. The summed E-state index contributed by atoms with van der Waals surface area (Å²) in [7, 11) is 0. The van der Waals surface area contributed by atoms with Crippen LogP contribution in [0, 0.1) is 5.92 Å². The molecular formula is C22H21N9O3S. The van der Waals surface area contributed by atoms with Crippen LogP contribution in [0.15, 0.2) is 59.2 Å². The molecule has 13 heteroatoms. The van der Waals surface area contributed by atoms with Gasteiger partial charge in [0, 0.05) is 29.4 Å². The maximum atomic E-state index is 12.0. The van der Waals surface area contributed by atoms with Gasteiger partial charge in [0.2, 0.25) is 11.1 Å². The van der Waals surface area contributed by atoms with Crippen molar-refractivity contribution in [2.24, 2.45) is 5.92 Å². The number of carbonyl (C=O) groups is 1. The summed E-state index contributed by atoms with van der Waals surface area (Å²) in [5, 5.41) is 40.3. The summed E-state index contributed by atoms with van der Waals surface area (Å²) in [5.74, 6) is 0.594. The molecule has 1 fully saturated rings. The van der Waals surface area contributed by atoms with E-state index in [1.807, 2.05) is 41.1 Å². The first-order valence-corrected chi connectivity index (χ1v) is 11.9. The van der Waals surface area contributed by atoms with Crippen molar-refractivity contribution in [3.8, 4) is 11.1 Å². The quantitative estimate of drug-likeness (QED) is 0.294. The Balaban J connectivity index is 1.24. The number of hydrogen-bond acceptors (Lipinski definition) is 9. The van der Waals surface area contributed by atoms with E-state index in [0.29, 0.717) is 27.3 Å². The summed E-state index contributed by atoms with van der Waals surface area (Å²) in [4.78, 5) is 16.4. The third-order valence-corrected chi connectivity index (χ3v) is 6.52. The molecular weight excluding hydrogens is 470 g/mol. The number of fused-ring (bicyclic) bond motifs is 2. The zero-order valence-electron chi connectivity index (χ0n) is 18.4. The number of hydrogen-bond donors (Lipinski definition) is 3. The van der Waals surface area contributed by atoms with E-state index < -0.39 is 6.10 Å². The monoisotopic (exact) mass is 491 g/mol. The lowest BCUT2D eigenvalue weighted by Crippen LogP contribution is -2.19. The summed E-state index contributed by atoms with van der Waals surface area (Å²) in [6.45, 7) is -0.112. The molecule has 5 heterocycles. The second-order valence-corrected chi connectivity index (χ2v) is 9.37. The molecule has 6 rings (SSSR count). The lowest BCUT2D eigenvalue weighted by Gasteiger charge is -2.06. The number of aliphatic hydroxyl groups is 2. The first kappa shape index (κ1) is 21.7. The number of rotatable bonds is 8. The van der Waals surface area contributed by atoms with Gasteiger partial charge >= 0.3 is 0 Å². The van der Waals surface area contributed by atoms with E-state index in [0.717, 1.165) is 24.0 Å².